The van der Waals surface area contributed by atoms with E-state index in [1.165, 1.54) is 96.3 Å². The lowest BCUT2D eigenvalue weighted by Gasteiger charge is -2.00. The number of allylic oxidation sites excluding steroid dienone is 2. The normalized spacial score (nSPS) is 11.5. The first-order valence-electron chi connectivity index (χ1n) is 9.27. The molecule has 0 spiro atoms. The first-order chi connectivity index (χ1) is 9.91. The van der Waals surface area contributed by atoms with Gasteiger partial charge in [-0.15, -0.1) is 0 Å². The van der Waals surface area contributed by atoms with Crippen LogP contribution in [-0.2, 0) is 0 Å². The van der Waals surface area contributed by atoms with Gasteiger partial charge >= 0.3 is 0 Å². The molecule has 120 valence electrons. The Hall–Kier alpha value is -0.300. The summed E-state index contributed by atoms with van der Waals surface area (Å²) in [4.78, 5) is 0. The third kappa shape index (κ3) is 17.7. The van der Waals surface area contributed by atoms with E-state index in [4.69, 9.17) is 5.73 Å². The average Bonchev–Trinajstić information content (AvgIpc) is 2.47. The molecule has 0 saturated heterocycles. The molecule has 0 aliphatic rings. The van der Waals surface area contributed by atoms with Crippen molar-refractivity contribution in [2.24, 2.45) is 5.73 Å². The van der Waals surface area contributed by atoms with E-state index in [1.807, 2.05) is 0 Å². The van der Waals surface area contributed by atoms with Gasteiger partial charge in [-0.05, 0) is 38.6 Å². The summed E-state index contributed by atoms with van der Waals surface area (Å²) < 4.78 is 0. The summed E-state index contributed by atoms with van der Waals surface area (Å²) in [7, 11) is 0. The minimum absolute atomic E-state index is 0.864. The molecule has 0 rings (SSSR count). The Morgan fingerprint density at radius 1 is 0.550 bits per heavy atom. The Bertz CT molecular complexity index is 186. The van der Waals surface area contributed by atoms with E-state index in [-0.39, 0.29) is 0 Å². The molecular weight excluding hydrogens is 242 g/mol. The number of nitrogens with two attached hydrogens (primary N) is 1. The highest BCUT2D eigenvalue weighted by Crippen LogP contribution is 2.10. The molecule has 0 heterocycles. The van der Waals surface area contributed by atoms with Crippen molar-refractivity contribution in [2.45, 2.75) is 103 Å². The lowest BCUT2D eigenvalue weighted by atomic mass is 10.1. The molecule has 1 heteroatoms. The number of rotatable bonds is 16. The summed E-state index contributed by atoms with van der Waals surface area (Å²) in [6.07, 6.45) is 25.4. The summed E-state index contributed by atoms with van der Waals surface area (Å²) in [6.45, 7) is 3.15. The van der Waals surface area contributed by atoms with E-state index in [9.17, 15) is 0 Å². The van der Waals surface area contributed by atoms with Crippen molar-refractivity contribution in [2.75, 3.05) is 6.54 Å². The van der Waals surface area contributed by atoms with Gasteiger partial charge in [0.25, 0.3) is 0 Å². The minimum atomic E-state index is 0.864. The van der Waals surface area contributed by atoms with Crippen LogP contribution < -0.4 is 5.73 Å². The first-order valence-corrected chi connectivity index (χ1v) is 9.27. The monoisotopic (exact) mass is 281 g/mol. The molecule has 0 aromatic heterocycles. The molecule has 0 aliphatic carbocycles. The van der Waals surface area contributed by atoms with Crippen LogP contribution in [-0.4, -0.2) is 6.54 Å². The molecule has 0 atom stereocenters. The van der Waals surface area contributed by atoms with Crippen LogP contribution in [0.1, 0.15) is 103 Å². The predicted octanol–water partition coefficient (Wildman–Crippen LogP) is 6.37. The minimum Gasteiger partial charge on any atom is -0.330 e. The zero-order chi connectivity index (χ0) is 14.7. The summed E-state index contributed by atoms with van der Waals surface area (Å²) in [6, 6.07) is 0. The molecule has 1 nitrogen and oxygen atoms in total. The van der Waals surface area contributed by atoms with E-state index in [0.29, 0.717) is 0 Å². The number of hydrogen-bond donors (Lipinski definition) is 1. The quantitative estimate of drug-likeness (QED) is 0.258. The van der Waals surface area contributed by atoms with Crippen molar-refractivity contribution in [3.8, 4) is 0 Å². The van der Waals surface area contributed by atoms with Crippen LogP contribution in [0.4, 0.5) is 0 Å². The molecule has 0 amide bonds. The van der Waals surface area contributed by atoms with Crippen LogP contribution in [0, 0.1) is 0 Å². The van der Waals surface area contributed by atoms with Gasteiger partial charge in [0.2, 0.25) is 0 Å². The van der Waals surface area contributed by atoms with Gasteiger partial charge in [0.1, 0.15) is 0 Å². The Balaban J connectivity index is 3.01. The van der Waals surface area contributed by atoms with Crippen molar-refractivity contribution in [1.82, 2.24) is 0 Å². The molecule has 0 aromatic rings. The molecule has 0 fully saturated rings. The summed E-state index contributed by atoms with van der Waals surface area (Å²) in [5.74, 6) is 0. The van der Waals surface area contributed by atoms with Gasteiger partial charge in [-0.25, -0.2) is 0 Å². The van der Waals surface area contributed by atoms with Gasteiger partial charge in [0, 0.05) is 0 Å². The van der Waals surface area contributed by atoms with Crippen LogP contribution in [0.2, 0.25) is 0 Å². The molecule has 2 N–H and O–H groups in total. The van der Waals surface area contributed by atoms with Crippen molar-refractivity contribution in [3.05, 3.63) is 12.2 Å². The number of hydrogen-bond acceptors (Lipinski definition) is 1. The molecular formula is C19H39N. The van der Waals surface area contributed by atoms with Gasteiger partial charge in [-0.2, -0.15) is 0 Å². The Labute approximate surface area is 128 Å². The summed E-state index contributed by atoms with van der Waals surface area (Å²) >= 11 is 0. The SMILES string of the molecule is CCCCCCCC/C=C\CCCCCCCCCN. The van der Waals surface area contributed by atoms with Gasteiger partial charge in [-0.3, -0.25) is 0 Å². The van der Waals surface area contributed by atoms with Crippen LogP contribution in [0.25, 0.3) is 0 Å². The Morgan fingerprint density at radius 3 is 1.40 bits per heavy atom. The summed E-state index contributed by atoms with van der Waals surface area (Å²) in [5, 5.41) is 0. The highest BCUT2D eigenvalue weighted by atomic mass is 14.5. The third-order valence-corrected chi connectivity index (χ3v) is 3.97. The van der Waals surface area contributed by atoms with E-state index in [0.717, 1.165) is 6.54 Å². The zero-order valence-electron chi connectivity index (χ0n) is 14.0. The van der Waals surface area contributed by atoms with Crippen molar-refractivity contribution in [1.29, 1.82) is 0 Å². The highest BCUT2D eigenvalue weighted by molar-refractivity contribution is 4.81. The molecule has 0 bridgehead atoms. The molecule has 0 aliphatic heterocycles. The fourth-order valence-electron chi connectivity index (χ4n) is 2.57. The molecule has 0 unspecified atom stereocenters. The second kappa shape index (κ2) is 18.7. The Morgan fingerprint density at radius 2 is 0.950 bits per heavy atom. The maximum absolute atomic E-state index is 5.48. The van der Waals surface area contributed by atoms with Crippen molar-refractivity contribution in [3.63, 3.8) is 0 Å². The average molecular weight is 282 g/mol. The van der Waals surface area contributed by atoms with Gasteiger partial charge < -0.3 is 5.73 Å². The van der Waals surface area contributed by atoms with E-state index in [2.05, 4.69) is 19.1 Å². The molecule has 20 heavy (non-hydrogen) atoms. The lowest BCUT2D eigenvalue weighted by Crippen LogP contribution is -1.97. The van der Waals surface area contributed by atoms with Crippen LogP contribution in [0.5, 0.6) is 0 Å². The van der Waals surface area contributed by atoms with Crippen molar-refractivity contribution >= 4 is 0 Å². The molecule has 0 saturated carbocycles. The standard InChI is InChI=1S/C19H39N/c1-2-3-4-5-6-7-8-9-10-11-12-13-14-15-16-17-18-19-20/h9-10H,2-8,11-20H2,1H3/b10-9-. The predicted molar refractivity (Wildman–Crippen MR) is 93.1 cm³/mol. The smallest absolute Gasteiger partial charge is 0.00773 e. The molecule has 0 aromatic carbocycles. The second-order valence-corrected chi connectivity index (χ2v) is 6.08. The van der Waals surface area contributed by atoms with E-state index in [1.54, 1.807) is 0 Å². The fourth-order valence-corrected chi connectivity index (χ4v) is 2.57. The maximum Gasteiger partial charge on any atom is -0.00773 e. The van der Waals surface area contributed by atoms with Gasteiger partial charge in [-0.1, -0.05) is 83.3 Å². The van der Waals surface area contributed by atoms with Gasteiger partial charge in [0.05, 0.1) is 0 Å². The largest absolute Gasteiger partial charge is 0.330 e. The van der Waals surface area contributed by atoms with E-state index < -0.39 is 0 Å². The Kier molecular flexibility index (Phi) is 18.4. The van der Waals surface area contributed by atoms with E-state index >= 15 is 0 Å². The highest BCUT2D eigenvalue weighted by Gasteiger charge is 1.91. The van der Waals surface area contributed by atoms with Crippen molar-refractivity contribution < 1.29 is 0 Å². The van der Waals surface area contributed by atoms with Crippen LogP contribution in [0.15, 0.2) is 12.2 Å². The lowest BCUT2D eigenvalue weighted by molar-refractivity contribution is 0.584. The van der Waals surface area contributed by atoms with Crippen LogP contribution >= 0.6 is 0 Å². The third-order valence-electron chi connectivity index (χ3n) is 3.97. The fraction of sp³-hybridized carbons (Fsp3) is 0.895. The van der Waals surface area contributed by atoms with Gasteiger partial charge in [0.15, 0.2) is 0 Å². The molecule has 0 radical (unpaired) electrons. The zero-order valence-corrected chi connectivity index (χ0v) is 14.0. The topological polar surface area (TPSA) is 26.0 Å². The second-order valence-electron chi connectivity index (χ2n) is 6.08. The first kappa shape index (κ1) is 19.7. The summed E-state index contributed by atoms with van der Waals surface area (Å²) in [5.41, 5.74) is 5.48. The van der Waals surface area contributed by atoms with Crippen LogP contribution in [0.3, 0.4) is 0 Å². The number of unbranched alkanes of at least 4 members (excludes halogenated alkanes) is 13. The maximum atomic E-state index is 5.48.